The summed E-state index contributed by atoms with van der Waals surface area (Å²) in [7, 11) is 0. The Morgan fingerprint density at radius 1 is 1.38 bits per heavy atom. The molecule has 1 fully saturated rings. The zero-order chi connectivity index (χ0) is 18.7. The topological polar surface area (TPSA) is 46.3 Å². The Morgan fingerprint density at radius 2 is 2.19 bits per heavy atom. The minimum Gasteiger partial charge on any atom is -0.448 e. The molecule has 1 aromatic carbocycles. The molecule has 2 aromatic rings. The maximum absolute atomic E-state index is 12.8. The SMILES string of the molecule is Cc1ocnc1C(=O)N1CCC[C@@H](CCc2cccc(C(F)(F)F)c2)C1. The number of hydrogen-bond acceptors (Lipinski definition) is 3. The van der Waals surface area contributed by atoms with Crippen LogP contribution in [0, 0.1) is 12.8 Å². The highest BCUT2D eigenvalue weighted by molar-refractivity contribution is 5.93. The van der Waals surface area contributed by atoms with Gasteiger partial charge in [0.25, 0.3) is 5.91 Å². The lowest BCUT2D eigenvalue weighted by molar-refractivity contribution is -0.137. The van der Waals surface area contributed by atoms with Crippen molar-refractivity contribution < 1.29 is 22.4 Å². The van der Waals surface area contributed by atoms with Gasteiger partial charge in [0.2, 0.25) is 0 Å². The first-order valence-corrected chi connectivity index (χ1v) is 8.70. The van der Waals surface area contributed by atoms with E-state index in [0.29, 0.717) is 36.5 Å². The number of carbonyl (C=O) groups excluding carboxylic acids is 1. The van der Waals surface area contributed by atoms with Crippen molar-refractivity contribution in [2.75, 3.05) is 13.1 Å². The van der Waals surface area contributed by atoms with Crippen molar-refractivity contribution in [1.29, 1.82) is 0 Å². The maximum atomic E-state index is 12.8. The molecule has 0 aliphatic carbocycles. The fourth-order valence-electron chi connectivity index (χ4n) is 3.42. The van der Waals surface area contributed by atoms with Crippen LogP contribution in [-0.4, -0.2) is 28.9 Å². The Morgan fingerprint density at radius 3 is 2.88 bits per heavy atom. The van der Waals surface area contributed by atoms with Crippen LogP contribution in [0.15, 0.2) is 35.1 Å². The quantitative estimate of drug-likeness (QED) is 0.801. The second-order valence-corrected chi connectivity index (χ2v) is 6.75. The van der Waals surface area contributed by atoms with Crippen LogP contribution in [-0.2, 0) is 12.6 Å². The van der Waals surface area contributed by atoms with Gasteiger partial charge in [-0.15, -0.1) is 0 Å². The fraction of sp³-hybridized carbons (Fsp3) is 0.474. The molecule has 3 rings (SSSR count). The summed E-state index contributed by atoms with van der Waals surface area (Å²) < 4.78 is 43.5. The van der Waals surface area contributed by atoms with Crippen molar-refractivity contribution in [3.05, 3.63) is 53.2 Å². The van der Waals surface area contributed by atoms with E-state index in [1.807, 2.05) is 0 Å². The summed E-state index contributed by atoms with van der Waals surface area (Å²) in [5.41, 5.74) is 0.399. The van der Waals surface area contributed by atoms with Crippen LogP contribution in [0.2, 0.25) is 0 Å². The molecule has 140 valence electrons. The van der Waals surface area contributed by atoms with Crippen molar-refractivity contribution in [1.82, 2.24) is 9.88 Å². The molecule has 1 atom stereocenters. The number of rotatable bonds is 4. The predicted molar refractivity (Wildman–Crippen MR) is 89.6 cm³/mol. The Hall–Kier alpha value is -2.31. The smallest absolute Gasteiger partial charge is 0.416 e. The number of likely N-dealkylation sites (tertiary alicyclic amines) is 1. The summed E-state index contributed by atoms with van der Waals surface area (Å²) in [6.07, 6.45) is 0.121. The highest BCUT2D eigenvalue weighted by Gasteiger charge is 2.30. The average molecular weight is 366 g/mol. The van der Waals surface area contributed by atoms with E-state index in [9.17, 15) is 18.0 Å². The minimum absolute atomic E-state index is 0.139. The molecule has 0 saturated carbocycles. The Labute approximate surface area is 150 Å². The third kappa shape index (κ3) is 4.26. The first-order chi connectivity index (χ1) is 12.3. The zero-order valence-corrected chi connectivity index (χ0v) is 14.6. The lowest BCUT2D eigenvalue weighted by atomic mass is 9.91. The molecule has 26 heavy (non-hydrogen) atoms. The third-order valence-electron chi connectivity index (χ3n) is 4.85. The molecule has 0 radical (unpaired) electrons. The number of nitrogens with zero attached hydrogens (tertiary/aromatic N) is 2. The molecule has 1 aliphatic heterocycles. The largest absolute Gasteiger partial charge is 0.448 e. The van der Waals surface area contributed by atoms with Gasteiger partial charge >= 0.3 is 6.18 Å². The Balaban J connectivity index is 1.59. The number of aromatic nitrogens is 1. The van der Waals surface area contributed by atoms with Gasteiger partial charge in [-0.2, -0.15) is 13.2 Å². The summed E-state index contributed by atoms with van der Waals surface area (Å²) in [4.78, 5) is 18.3. The van der Waals surface area contributed by atoms with E-state index in [-0.39, 0.29) is 11.8 Å². The molecular formula is C19H21F3N2O2. The second kappa shape index (κ2) is 7.51. The van der Waals surface area contributed by atoms with Crippen LogP contribution < -0.4 is 0 Å². The van der Waals surface area contributed by atoms with E-state index < -0.39 is 11.7 Å². The lowest BCUT2D eigenvalue weighted by Gasteiger charge is -2.32. The average Bonchev–Trinajstić information content (AvgIpc) is 3.05. The van der Waals surface area contributed by atoms with E-state index in [1.165, 1.54) is 18.5 Å². The summed E-state index contributed by atoms with van der Waals surface area (Å²) in [5, 5.41) is 0. The van der Waals surface area contributed by atoms with Gasteiger partial charge in [-0.25, -0.2) is 4.98 Å². The lowest BCUT2D eigenvalue weighted by Crippen LogP contribution is -2.40. The van der Waals surface area contributed by atoms with Gasteiger partial charge < -0.3 is 9.32 Å². The minimum atomic E-state index is -4.32. The van der Waals surface area contributed by atoms with E-state index in [0.717, 1.165) is 25.3 Å². The van der Waals surface area contributed by atoms with Gasteiger partial charge in [0.05, 0.1) is 5.56 Å². The number of piperidine rings is 1. The van der Waals surface area contributed by atoms with Crippen LogP contribution in [0.3, 0.4) is 0 Å². The number of carbonyl (C=O) groups is 1. The number of hydrogen-bond donors (Lipinski definition) is 0. The maximum Gasteiger partial charge on any atom is 0.416 e. The number of alkyl halides is 3. The third-order valence-corrected chi connectivity index (χ3v) is 4.85. The van der Waals surface area contributed by atoms with Crippen LogP contribution >= 0.6 is 0 Å². The van der Waals surface area contributed by atoms with Crippen molar-refractivity contribution in [3.8, 4) is 0 Å². The van der Waals surface area contributed by atoms with Gasteiger partial charge in [0.1, 0.15) is 5.76 Å². The van der Waals surface area contributed by atoms with Crippen molar-refractivity contribution in [3.63, 3.8) is 0 Å². The molecule has 1 saturated heterocycles. The number of aryl methyl sites for hydroxylation is 2. The second-order valence-electron chi connectivity index (χ2n) is 6.75. The molecule has 1 aromatic heterocycles. The molecule has 7 heteroatoms. The number of halogens is 3. The highest BCUT2D eigenvalue weighted by Crippen LogP contribution is 2.30. The zero-order valence-electron chi connectivity index (χ0n) is 14.6. The molecule has 0 spiro atoms. The van der Waals surface area contributed by atoms with Crippen molar-refractivity contribution in [2.24, 2.45) is 5.92 Å². The van der Waals surface area contributed by atoms with Crippen molar-refractivity contribution >= 4 is 5.91 Å². The number of amides is 1. The van der Waals surface area contributed by atoms with Crippen molar-refractivity contribution in [2.45, 2.75) is 38.8 Å². The fourth-order valence-corrected chi connectivity index (χ4v) is 3.42. The molecule has 0 unspecified atom stereocenters. The first kappa shape index (κ1) is 18.5. The van der Waals surface area contributed by atoms with Gasteiger partial charge in [-0.1, -0.05) is 18.2 Å². The molecular weight excluding hydrogens is 345 g/mol. The summed E-state index contributed by atoms with van der Waals surface area (Å²) in [5.74, 6) is 0.635. The molecule has 1 aliphatic rings. The van der Waals surface area contributed by atoms with Crippen LogP contribution in [0.1, 0.15) is 46.6 Å². The number of benzene rings is 1. The van der Waals surface area contributed by atoms with E-state index in [1.54, 1.807) is 17.9 Å². The highest BCUT2D eigenvalue weighted by atomic mass is 19.4. The molecule has 1 amide bonds. The van der Waals surface area contributed by atoms with Gasteiger partial charge in [-0.05, 0) is 50.2 Å². The number of oxazole rings is 1. The molecule has 0 N–H and O–H groups in total. The molecule has 4 nitrogen and oxygen atoms in total. The standard InChI is InChI=1S/C19H21F3N2O2/c1-13-17(23-12-26-13)18(25)24-9-3-5-15(11-24)8-7-14-4-2-6-16(10-14)19(20,21)22/h2,4,6,10,12,15H,3,5,7-9,11H2,1H3/t15-/m0/s1. The van der Waals surface area contributed by atoms with Crippen LogP contribution in [0.25, 0.3) is 0 Å². The summed E-state index contributed by atoms with van der Waals surface area (Å²) in [6, 6.07) is 5.47. The van der Waals surface area contributed by atoms with E-state index in [4.69, 9.17) is 4.42 Å². The van der Waals surface area contributed by atoms with Crippen LogP contribution in [0.5, 0.6) is 0 Å². The molecule has 2 heterocycles. The van der Waals surface area contributed by atoms with Crippen LogP contribution in [0.4, 0.5) is 13.2 Å². The Bertz CT molecular complexity index is 770. The van der Waals surface area contributed by atoms with E-state index in [2.05, 4.69) is 4.98 Å². The summed E-state index contributed by atoms with van der Waals surface area (Å²) >= 11 is 0. The predicted octanol–water partition coefficient (Wildman–Crippen LogP) is 4.49. The van der Waals surface area contributed by atoms with Gasteiger partial charge in [0, 0.05) is 13.1 Å². The Kier molecular flexibility index (Phi) is 5.34. The monoisotopic (exact) mass is 366 g/mol. The first-order valence-electron chi connectivity index (χ1n) is 8.70. The van der Waals surface area contributed by atoms with Gasteiger partial charge in [-0.3, -0.25) is 4.79 Å². The normalized spacial score (nSPS) is 18.2. The van der Waals surface area contributed by atoms with E-state index >= 15 is 0 Å². The summed E-state index contributed by atoms with van der Waals surface area (Å²) in [6.45, 7) is 2.98. The molecule has 0 bridgehead atoms. The van der Waals surface area contributed by atoms with Gasteiger partial charge in [0.15, 0.2) is 12.1 Å².